The van der Waals surface area contributed by atoms with Gasteiger partial charge in [0.2, 0.25) is 5.89 Å². The Labute approximate surface area is 146 Å². The molecule has 0 bridgehead atoms. The van der Waals surface area contributed by atoms with E-state index < -0.39 is 11.0 Å². The van der Waals surface area contributed by atoms with E-state index in [2.05, 4.69) is 10.1 Å². The Bertz CT molecular complexity index is 694. The summed E-state index contributed by atoms with van der Waals surface area (Å²) in [5.41, 5.74) is 6.43. The fourth-order valence-corrected chi connectivity index (χ4v) is 3.52. The van der Waals surface area contributed by atoms with Gasteiger partial charge >= 0.3 is 0 Å². The summed E-state index contributed by atoms with van der Waals surface area (Å²) in [6.07, 6.45) is 4.34. The third-order valence-electron chi connectivity index (χ3n) is 5.27. The molecule has 1 aliphatic carbocycles. The normalized spacial score (nSPS) is 21.6. The lowest BCUT2D eigenvalue weighted by molar-refractivity contribution is 0.0523. The number of nitrogens with zero attached hydrogens (tertiary/aromatic N) is 2. The second-order valence-corrected chi connectivity index (χ2v) is 6.63. The molecule has 1 aromatic heterocycles. The van der Waals surface area contributed by atoms with Gasteiger partial charge in [0.15, 0.2) is 5.82 Å². The highest BCUT2D eigenvalue weighted by Gasteiger charge is 2.44. The summed E-state index contributed by atoms with van der Waals surface area (Å²) in [6.45, 7) is 1.23. The summed E-state index contributed by atoms with van der Waals surface area (Å²) < 4.78 is 24.4. The number of halogens is 2. The molecule has 24 heavy (non-hydrogen) atoms. The van der Waals surface area contributed by atoms with Crippen LogP contribution in [0.25, 0.3) is 0 Å². The number of nitrogens with two attached hydrogens (primary N) is 1. The van der Waals surface area contributed by atoms with Crippen LogP contribution in [-0.2, 0) is 15.7 Å². The molecule has 7 heteroatoms. The molecule has 2 fully saturated rings. The molecule has 2 aliphatic rings. The van der Waals surface area contributed by atoms with Crippen LogP contribution in [0.4, 0.5) is 4.39 Å². The zero-order valence-corrected chi connectivity index (χ0v) is 14.2. The van der Waals surface area contributed by atoms with E-state index in [1.807, 2.05) is 0 Å². The van der Waals surface area contributed by atoms with Crippen LogP contribution in [0, 0.1) is 5.82 Å². The number of hydrogen-bond donors (Lipinski definition) is 1. The molecule has 1 aliphatic heterocycles. The first-order valence-electron chi connectivity index (χ1n) is 8.10. The summed E-state index contributed by atoms with van der Waals surface area (Å²) >= 11 is 0. The Morgan fingerprint density at radius 1 is 1.04 bits per heavy atom. The Balaban J connectivity index is 0.00000169. The maximum absolute atomic E-state index is 13.3. The lowest BCUT2D eigenvalue weighted by Gasteiger charge is -2.35. The fraction of sp³-hybridized carbons (Fsp3) is 0.529. The van der Waals surface area contributed by atoms with Gasteiger partial charge in [-0.05, 0) is 49.8 Å². The van der Waals surface area contributed by atoms with Crippen molar-refractivity contribution in [3.05, 3.63) is 47.4 Å². The minimum Gasteiger partial charge on any atom is -0.381 e. The fourth-order valence-electron chi connectivity index (χ4n) is 3.52. The average Bonchev–Trinajstić information content (AvgIpc) is 3.05. The Morgan fingerprint density at radius 3 is 2.29 bits per heavy atom. The van der Waals surface area contributed by atoms with Crippen molar-refractivity contribution in [2.24, 2.45) is 5.73 Å². The molecule has 2 heterocycles. The maximum atomic E-state index is 13.3. The van der Waals surface area contributed by atoms with Crippen molar-refractivity contribution < 1.29 is 13.7 Å². The molecular formula is C17H21ClFN3O2. The zero-order chi connectivity index (χ0) is 15.9. The quantitative estimate of drug-likeness (QED) is 0.917. The third kappa shape index (κ3) is 2.72. The summed E-state index contributed by atoms with van der Waals surface area (Å²) in [5.74, 6) is 0.906. The van der Waals surface area contributed by atoms with Gasteiger partial charge in [-0.3, -0.25) is 0 Å². The van der Waals surface area contributed by atoms with Gasteiger partial charge < -0.3 is 15.0 Å². The van der Waals surface area contributed by atoms with E-state index in [0.29, 0.717) is 24.9 Å². The van der Waals surface area contributed by atoms with E-state index in [1.54, 1.807) is 12.1 Å². The molecule has 2 N–H and O–H groups in total. The van der Waals surface area contributed by atoms with Crippen molar-refractivity contribution >= 4 is 12.4 Å². The lowest BCUT2D eigenvalue weighted by Crippen LogP contribution is -2.44. The molecular weight excluding hydrogens is 333 g/mol. The molecule has 5 nitrogen and oxygen atoms in total. The van der Waals surface area contributed by atoms with Crippen LogP contribution in [0.2, 0.25) is 0 Å². The van der Waals surface area contributed by atoms with Crippen LogP contribution in [0.3, 0.4) is 0 Å². The van der Waals surface area contributed by atoms with Gasteiger partial charge in [-0.15, -0.1) is 12.4 Å². The van der Waals surface area contributed by atoms with Gasteiger partial charge in [0.25, 0.3) is 0 Å². The van der Waals surface area contributed by atoms with Gasteiger partial charge in [0.05, 0.1) is 11.0 Å². The van der Waals surface area contributed by atoms with Crippen molar-refractivity contribution in [3.63, 3.8) is 0 Å². The van der Waals surface area contributed by atoms with E-state index in [1.165, 1.54) is 12.1 Å². The van der Waals surface area contributed by atoms with Crippen molar-refractivity contribution in [3.8, 4) is 0 Å². The smallest absolute Gasteiger partial charge is 0.237 e. The van der Waals surface area contributed by atoms with Gasteiger partial charge in [0, 0.05) is 13.2 Å². The van der Waals surface area contributed by atoms with E-state index in [9.17, 15) is 4.39 Å². The van der Waals surface area contributed by atoms with Crippen LogP contribution >= 0.6 is 12.4 Å². The van der Waals surface area contributed by atoms with Crippen molar-refractivity contribution in [1.82, 2.24) is 10.1 Å². The number of ether oxygens (including phenoxy) is 1. The molecule has 1 saturated heterocycles. The lowest BCUT2D eigenvalue weighted by atomic mass is 9.73. The number of rotatable bonds is 3. The minimum absolute atomic E-state index is 0. The monoisotopic (exact) mass is 353 g/mol. The number of hydrogen-bond acceptors (Lipinski definition) is 5. The second kappa shape index (κ2) is 6.43. The van der Waals surface area contributed by atoms with Gasteiger partial charge in [0.1, 0.15) is 5.82 Å². The predicted molar refractivity (Wildman–Crippen MR) is 88.5 cm³/mol. The molecule has 1 aromatic carbocycles. The number of benzene rings is 1. The SMILES string of the molecule is Cl.NC1(c2noc(C3(c4ccc(F)cc4)CCOCC3)n2)CCC1. The molecule has 0 atom stereocenters. The molecule has 2 aromatic rings. The summed E-state index contributed by atoms with van der Waals surface area (Å²) in [7, 11) is 0. The third-order valence-corrected chi connectivity index (χ3v) is 5.27. The molecule has 0 spiro atoms. The standard InChI is InChI=1S/C17H20FN3O2.ClH/c18-13-4-2-12(3-5-13)16(8-10-22-11-9-16)15-20-14(21-23-15)17(19)6-1-7-17;/h2-5H,1,6-11,19H2;1H. The van der Waals surface area contributed by atoms with Crippen LogP contribution < -0.4 is 5.73 Å². The zero-order valence-electron chi connectivity index (χ0n) is 13.3. The van der Waals surface area contributed by atoms with Crippen molar-refractivity contribution in [2.75, 3.05) is 13.2 Å². The summed E-state index contributed by atoms with van der Waals surface area (Å²) in [5, 5.41) is 4.15. The Hall–Kier alpha value is -1.50. The first-order valence-corrected chi connectivity index (χ1v) is 8.10. The molecule has 0 amide bonds. The molecule has 4 rings (SSSR count). The van der Waals surface area contributed by atoms with Crippen molar-refractivity contribution in [2.45, 2.75) is 43.1 Å². The van der Waals surface area contributed by atoms with E-state index in [-0.39, 0.29) is 18.2 Å². The van der Waals surface area contributed by atoms with Crippen molar-refractivity contribution in [1.29, 1.82) is 0 Å². The summed E-state index contributed by atoms with van der Waals surface area (Å²) in [4.78, 5) is 4.65. The molecule has 0 radical (unpaired) electrons. The van der Waals surface area contributed by atoms with E-state index in [4.69, 9.17) is 15.0 Å². The highest BCUT2D eigenvalue weighted by atomic mass is 35.5. The first kappa shape index (κ1) is 17.3. The largest absolute Gasteiger partial charge is 0.381 e. The number of aromatic nitrogens is 2. The van der Waals surface area contributed by atoms with Crippen LogP contribution in [0.1, 0.15) is 49.4 Å². The minimum atomic E-state index is -0.448. The maximum Gasteiger partial charge on any atom is 0.237 e. The Kier molecular flexibility index (Phi) is 4.64. The molecule has 130 valence electrons. The Morgan fingerprint density at radius 2 is 1.71 bits per heavy atom. The first-order chi connectivity index (χ1) is 11.1. The average molecular weight is 354 g/mol. The van der Waals surface area contributed by atoms with Crippen LogP contribution in [-0.4, -0.2) is 23.4 Å². The van der Waals surface area contributed by atoms with Gasteiger partial charge in [-0.25, -0.2) is 4.39 Å². The predicted octanol–water partition coefficient (Wildman–Crippen LogP) is 3.06. The van der Waals surface area contributed by atoms with Gasteiger partial charge in [-0.2, -0.15) is 4.98 Å². The van der Waals surface area contributed by atoms with E-state index in [0.717, 1.165) is 37.7 Å². The highest BCUT2D eigenvalue weighted by Crippen LogP contribution is 2.43. The second-order valence-electron chi connectivity index (χ2n) is 6.63. The van der Waals surface area contributed by atoms with Crippen LogP contribution in [0.5, 0.6) is 0 Å². The topological polar surface area (TPSA) is 74.2 Å². The van der Waals surface area contributed by atoms with Gasteiger partial charge in [-0.1, -0.05) is 17.3 Å². The molecule has 0 unspecified atom stereocenters. The van der Waals surface area contributed by atoms with Crippen LogP contribution in [0.15, 0.2) is 28.8 Å². The highest BCUT2D eigenvalue weighted by molar-refractivity contribution is 5.85. The summed E-state index contributed by atoms with van der Waals surface area (Å²) in [6, 6.07) is 6.54. The van der Waals surface area contributed by atoms with E-state index >= 15 is 0 Å². The molecule has 1 saturated carbocycles.